The summed E-state index contributed by atoms with van der Waals surface area (Å²) >= 11 is 1.06. The van der Waals surface area contributed by atoms with Gasteiger partial charge in [0.05, 0.1) is 23.6 Å². The highest BCUT2D eigenvalue weighted by Crippen LogP contribution is 2.23. The number of aromatic nitrogens is 3. The van der Waals surface area contributed by atoms with Gasteiger partial charge in [-0.25, -0.2) is 9.78 Å². The fourth-order valence-electron chi connectivity index (χ4n) is 2.26. The SMILES string of the molecule is Cc1nc(C(C)NC(=O)CCc2nc(-c3ccoc3)no2)sc1C(=O)O. The molecule has 0 fully saturated rings. The van der Waals surface area contributed by atoms with Crippen LogP contribution in [0.3, 0.4) is 0 Å². The zero-order valence-electron chi connectivity index (χ0n) is 14.1. The average Bonchev–Trinajstić information content (AvgIpc) is 3.32. The number of carbonyl (C=O) groups excluding carboxylic acids is 1. The minimum absolute atomic E-state index is 0.160. The molecule has 1 unspecified atom stereocenters. The quantitative estimate of drug-likeness (QED) is 0.643. The van der Waals surface area contributed by atoms with Gasteiger partial charge >= 0.3 is 5.97 Å². The first-order chi connectivity index (χ1) is 12.4. The maximum Gasteiger partial charge on any atom is 0.347 e. The molecule has 0 saturated heterocycles. The third-order valence-corrected chi connectivity index (χ3v) is 4.90. The minimum Gasteiger partial charge on any atom is -0.477 e. The molecule has 0 aliphatic carbocycles. The second-order valence-corrected chi connectivity index (χ2v) is 6.62. The van der Waals surface area contributed by atoms with Gasteiger partial charge in [-0.2, -0.15) is 4.98 Å². The molecule has 2 N–H and O–H groups in total. The van der Waals surface area contributed by atoms with E-state index in [1.165, 1.54) is 12.5 Å². The molecule has 0 aliphatic heterocycles. The molecule has 0 bridgehead atoms. The predicted molar refractivity (Wildman–Crippen MR) is 90.7 cm³/mol. The first-order valence-corrected chi connectivity index (χ1v) is 8.61. The molecule has 0 radical (unpaired) electrons. The van der Waals surface area contributed by atoms with Crippen LogP contribution in [0.4, 0.5) is 0 Å². The summed E-state index contributed by atoms with van der Waals surface area (Å²) in [6, 6.07) is 1.33. The van der Waals surface area contributed by atoms with Gasteiger partial charge in [-0.15, -0.1) is 11.3 Å². The normalized spacial score (nSPS) is 12.1. The molecule has 1 amide bonds. The highest BCUT2D eigenvalue weighted by atomic mass is 32.1. The lowest BCUT2D eigenvalue weighted by Gasteiger charge is -2.10. The van der Waals surface area contributed by atoms with E-state index in [2.05, 4.69) is 20.4 Å². The molecule has 0 aliphatic rings. The Labute approximate surface area is 152 Å². The Kier molecular flexibility index (Phi) is 5.12. The van der Waals surface area contributed by atoms with Crippen molar-refractivity contribution in [1.82, 2.24) is 20.4 Å². The Bertz CT molecular complexity index is 915. The third-order valence-electron chi connectivity index (χ3n) is 3.57. The van der Waals surface area contributed by atoms with Crippen LogP contribution < -0.4 is 5.32 Å². The summed E-state index contributed by atoms with van der Waals surface area (Å²) in [5.41, 5.74) is 1.14. The number of carbonyl (C=O) groups is 2. The first kappa shape index (κ1) is 17.8. The number of carboxylic acid groups (broad SMARTS) is 1. The van der Waals surface area contributed by atoms with E-state index < -0.39 is 5.97 Å². The van der Waals surface area contributed by atoms with Crippen LogP contribution in [0.2, 0.25) is 0 Å². The molecule has 3 heterocycles. The molecule has 0 saturated carbocycles. The Balaban J connectivity index is 1.54. The van der Waals surface area contributed by atoms with Gasteiger partial charge in [0.2, 0.25) is 17.6 Å². The maximum absolute atomic E-state index is 12.1. The summed E-state index contributed by atoms with van der Waals surface area (Å²) < 4.78 is 10.1. The van der Waals surface area contributed by atoms with Crippen molar-refractivity contribution in [1.29, 1.82) is 0 Å². The molecule has 3 aromatic rings. The van der Waals surface area contributed by atoms with Crippen LogP contribution >= 0.6 is 11.3 Å². The number of carboxylic acids is 1. The smallest absolute Gasteiger partial charge is 0.347 e. The summed E-state index contributed by atoms with van der Waals surface area (Å²) in [7, 11) is 0. The zero-order chi connectivity index (χ0) is 18.7. The number of furan rings is 1. The molecule has 0 spiro atoms. The van der Waals surface area contributed by atoms with Gasteiger partial charge in [-0.05, 0) is 19.9 Å². The number of aryl methyl sites for hydroxylation is 2. The Morgan fingerprint density at radius 3 is 2.85 bits per heavy atom. The second kappa shape index (κ2) is 7.48. The number of aromatic carboxylic acids is 1. The summed E-state index contributed by atoms with van der Waals surface area (Å²) in [6.07, 6.45) is 3.47. The van der Waals surface area contributed by atoms with Crippen LogP contribution in [-0.4, -0.2) is 32.1 Å². The summed E-state index contributed by atoms with van der Waals surface area (Å²) in [4.78, 5) is 31.8. The van der Waals surface area contributed by atoms with E-state index in [-0.39, 0.29) is 23.2 Å². The average molecular weight is 376 g/mol. The van der Waals surface area contributed by atoms with E-state index in [0.717, 1.165) is 11.3 Å². The monoisotopic (exact) mass is 376 g/mol. The minimum atomic E-state index is -1.02. The number of hydrogen-bond donors (Lipinski definition) is 2. The number of rotatable bonds is 7. The standard InChI is InChI=1S/C16H16N4O5S/c1-8-13(16(22)23)26-15(18-8)9(2)17-11(21)3-4-12-19-14(20-25-12)10-5-6-24-7-10/h5-7,9H,3-4H2,1-2H3,(H,17,21)(H,22,23). The fourth-order valence-corrected chi connectivity index (χ4v) is 3.17. The molecule has 136 valence electrons. The Morgan fingerprint density at radius 2 is 2.19 bits per heavy atom. The highest BCUT2D eigenvalue weighted by Gasteiger charge is 2.19. The van der Waals surface area contributed by atoms with Gasteiger partial charge < -0.3 is 19.4 Å². The Morgan fingerprint density at radius 1 is 1.38 bits per heavy atom. The lowest BCUT2D eigenvalue weighted by Crippen LogP contribution is -2.26. The van der Waals surface area contributed by atoms with E-state index in [0.29, 0.717) is 34.4 Å². The summed E-state index contributed by atoms with van der Waals surface area (Å²) in [5, 5.41) is 16.3. The van der Waals surface area contributed by atoms with Crippen LogP contribution in [0, 0.1) is 6.92 Å². The zero-order valence-corrected chi connectivity index (χ0v) is 14.9. The second-order valence-electron chi connectivity index (χ2n) is 5.58. The molecule has 9 nitrogen and oxygen atoms in total. The van der Waals surface area contributed by atoms with Crippen molar-refractivity contribution in [2.24, 2.45) is 0 Å². The first-order valence-electron chi connectivity index (χ1n) is 7.79. The number of thiazole rings is 1. The van der Waals surface area contributed by atoms with Crippen molar-refractivity contribution >= 4 is 23.2 Å². The lowest BCUT2D eigenvalue weighted by atomic mass is 10.2. The van der Waals surface area contributed by atoms with E-state index in [9.17, 15) is 9.59 Å². The molecule has 3 rings (SSSR count). The van der Waals surface area contributed by atoms with Gasteiger partial charge in [0.1, 0.15) is 16.1 Å². The van der Waals surface area contributed by atoms with Crippen LogP contribution in [0.15, 0.2) is 27.5 Å². The number of nitrogens with one attached hydrogen (secondary N) is 1. The number of hydrogen-bond acceptors (Lipinski definition) is 8. The van der Waals surface area contributed by atoms with Crippen molar-refractivity contribution in [2.45, 2.75) is 32.7 Å². The number of amides is 1. The molecule has 10 heteroatoms. The van der Waals surface area contributed by atoms with E-state index in [1.807, 2.05) is 0 Å². The van der Waals surface area contributed by atoms with Gasteiger partial charge in [-0.1, -0.05) is 5.16 Å². The van der Waals surface area contributed by atoms with Crippen molar-refractivity contribution < 1.29 is 23.6 Å². The van der Waals surface area contributed by atoms with Crippen molar-refractivity contribution in [2.75, 3.05) is 0 Å². The molecule has 3 aromatic heterocycles. The fraction of sp³-hybridized carbons (Fsp3) is 0.312. The van der Waals surface area contributed by atoms with E-state index in [4.69, 9.17) is 14.0 Å². The van der Waals surface area contributed by atoms with Crippen molar-refractivity contribution in [3.63, 3.8) is 0 Å². The van der Waals surface area contributed by atoms with Gasteiger partial charge in [0.15, 0.2) is 0 Å². The van der Waals surface area contributed by atoms with Gasteiger partial charge in [-0.3, -0.25) is 4.79 Å². The topological polar surface area (TPSA) is 131 Å². The summed E-state index contributed by atoms with van der Waals surface area (Å²) in [5.74, 6) is -0.482. The lowest BCUT2D eigenvalue weighted by molar-refractivity contribution is -0.121. The third kappa shape index (κ3) is 3.97. The highest BCUT2D eigenvalue weighted by molar-refractivity contribution is 7.13. The van der Waals surface area contributed by atoms with Crippen LogP contribution in [-0.2, 0) is 11.2 Å². The van der Waals surface area contributed by atoms with Gasteiger partial charge in [0.25, 0.3) is 0 Å². The Hall–Kier alpha value is -3.01. The van der Waals surface area contributed by atoms with E-state index >= 15 is 0 Å². The molecule has 26 heavy (non-hydrogen) atoms. The van der Waals surface area contributed by atoms with Crippen molar-refractivity contribution in [3.05, 3.63) is 40.1 Å². The summed E-state index contributed by atoms with van der Waals surface area (Å²) in [6.45, 7) is 3.39. The molecular formula is C16H16N4O5S. The maximum atomic E-state index is 12.1. The van der Waals surface area contributed by atoms with Crippen LogP contribution in [0.25, 0.3) is 11.4 Å². The van der Waals surface area contributed by atoms with Crippen molar-refractivity contribution in [3.8, 4) is 11.4 Å². The van der Waals surface area contributed by atoms with E-state index in [1.54, 1.807) is 19.9 Å². The molecule has 1 atom stereocenters. The molecule has 0 aromatic carbocycles. The van der Waals surface area contributed by atoms with Crippen LogP contribution in [0.1, 0.15) is 45.7 Å². The predicted octanol–water partition coefficient (Wildman–Crippen LogP) is 2.60. The van der Waals surface area contributed by atoms with Crippen LogP contribution in [0.5, 0.6) is 0 Å². The molecular weight excluding hydrogens is 360 g/mol. The van der Waals surface area contributed by atoms with Gasteiger partial charge in [0, 0.05) is 12.8 Å². The number of nitrogens with zero attached hydrogens (tertiary/aromatic N) is 3. The largest absolute Gasteiger partial charge is 0.477 e.